The van der Waals surface area contributed by atoms with Gasteiger partial charge in [-0.25, -0.2) is 14.8 Å². The molecule has 52 heavy (non-hydrogen) atoms. The van der Waals surface area contributed by atoms with Crippen molar-refractivity contribution in [2.75, 3.05) is 25.5 Å². The van der Waals surface area contributed by atoms with Gasteiger partial charge in [0.05, 0.1) is 28.9 Å². The molecule has 3 aliphatic rings. The summed E-state index contributed by atoms with van der Waals surface area (Å²) in [7, 11) is 4.80. The van der Waals surface area contributed by atoms with Crippen molar-refractivity contribution in [1.29, 1.82) is 0 Å². The standard InChI is InChI=1S/C40H42ClN7O4/c1-22-19-31-34(38(50)47(4)39(51)46(31)3)36(42-22)43-28-12-7-9-25(23(28)2)26-10-6-11-27(35(26)41)29-20-24-14-15-30(33(24)37(44-29)52-5)48-18-17-40(21-48)16-8-13-32(49)45-40/h6-7,9-12,19-20,30H,8,13-18,21H2,1-5H3,(H,42,43)(H,45,49). The van der Waals surface area contributed by atoms with Crippen molar-refractivity contribution in [3.8, 4) is 28.3 Å². The summed E-state index contributed by atoms with van der Waals surface area (Å²) in [6, 6.07) is 16.0. The highest BCUT2D eigenvalue weighted by Crippen LogP contribution is 2.47. The number of benzene rings is 2. The number of aromatic nitrogens is 4. The Morgan fingerprint density at radius 2 is 1.73 bits per heavy atom. The van der Waals surface area contributed by atoms with E-state index in [1.807, 2.05) is 50.2 Å². The lowest BCUT2D eigenvalue weighted by Crippen LogP contribution is -2.53. The van der Waals surface area contributed by atoms with Crippen LogP contribution in [0.1, 0.15) is 60.5 Å². The van der Waals surface area contributed by atoms with Crippen LogP contribution in [0, 0.1) is 13.8 Å². The summed E-state index contributed by atoms with van der Waals surface area (Å²) < 4.78 is 8.53. The Morgan fingerprint density at radius 1 is 0.962 bits per heavy atom. The molecule has 3 aromatic heterocycles. The van der Waals surface area contributed by atoms with Crippen LogP contribution in [0.25, 0.3) is 33.3 Å². The molecule has 11 nitrogen and oxygen atoms in total. The van der Waals surface area contributed by atoms with Crippen molar-refractivity contribution in [3.63, 3.8) is 0 Å². The van der Waals surface area contributed by atoms with Gasteiger partial charge in [0.15, 0.2) is 0 Å². The maximum Gasteiger partial charge on any atom is 0.330 e. The molecule has 12 heteroatoms. The van der Waals surface area contributed by atoms with Gasteiger partial charge < -0.3 is 15.4 Å². The van der Waals surface area contributed by atoms with E-state index in [0.717, 1.165) is 89.0 Å². The summed E-state index contributed by atoms with van der Waals surface area (Å²) in [5.74, 6) is 1.17. The summed E-state index contributed by atoms with van der Waals surface area (Å²) in [4.78, 5) is 50.5. The monoisotopic (exact) mass is 719 g/mol. The van der Waals surface area contributed by atoms with Crippen LogP contribution in [0.15, 0.2) is 58.1 Å². The number of nitrogens with one attached hydrogen (secondary N) is 2. The van der Waals surface area contributed by atoms with E-state index in [9.17, 15) is 14.4 Å². The number of ether oxygens (including phenoxy) is 1. The zero-order valence-electron chi connectivity index (χ0n) is 30.1. The second kappa shape index (κ2) is 12.9. The molecule has 1 spiro atoms. The van der Waals surface area contributed by atoms with E-state index < -0.39 is 11.2 Å². The molecule has 268 valence electrons. The Morgan fingerprint density at radius 3 is 2.52 bits per heavy atom. The molecule has 2 aliphatic heterocycles. The van der Waals surface area contributed by atoms with E-state index in [2.05, 4.69) is 26.6 Å². The van der Waals surface area contributed by atoms with Gasteiger partial charge in [0, 0.05) is 67.7 Å². The van der Waals surface area contributed by atoms with Crippen LogP contribution in [0.4, 0.5) is 11.5 Å². The Kier molecular flexibility index (Phi) is 8.46. The molecule has 2 fully saturated rings. The number of pyridine rings is 2. The smallest absolute Gasteiger partial charge is 0.330 e. The molecule has 0 radical (unpaired) electrons. The van der Waals surface area contributed by atoms with Crippen LogP contribution >= 0.6 is 11.6 Å². The molecule has 0 bridgehead atoms. The molecule has 1 aliphatic carbocycles. The number of carbonyl (C=O) groups is 1. The second-order valence-corrected chi connectivity index (χ2v) is 14.9. The maximum atomic E-state index is 13.3. The third-order valence-electron chi connectivity index (χ3n) is 11.3. The normalized spacial score (nSPS) is 20.0. The van der Waals surface area contributed by atoms with Crippen LogP contribution in [0.3, 0.4) is 0 Å². The summed E-state index contributed by atoms with van der Waals surface area (Å²) in [5, 5.41) is 7.63. The molecule has 2 atom stereocenters. The Labute approximate surface area is 306 Å². The van der Waals surface area contributed by atoms with E-state index in [1.165, 1.54) is 17.2 Å². The van der Waals surface area contributed by atoms with Gasteiger partial charge in [0.25, 0.3) is 5.56 Å². The van der Waals surface area contributed by atoms with Gasteiger partial charge >= 0.3 is 5.69 Å². The SMILES string of the molecule is COc1nc(-c2cccc(-c3cccc(Nc4nc(C)cc5c4c(=O)n(C)c(=O)n5C)c3C)c2Cl)cc2c1C(N1CCC3(CCCC(=O)N3)C1)CC2. The molecule has 2 aromatic carbocycles. The summed E-state index contributed by atoms with van der Waals surface area (Å²) in [5.41, 5.74) is 7.60. The number of aryl methyl sites for hydroxylation is 3. The third kappa shape index (κ3) is 5.58. The Hall–Kier alpha value is -5.00. The predicted octanol–water partition coefficient (Wildman–Crippen LogP) is 6.12. The van der Waals surface area contributed by atoms with Crippen LogP contribution in [-0.4, -0.2) is 55.6 Å². The first-order valence-electron chi connectivity index (χ1n) is 17.8. The lowest BCUT2D eigenvalue weighted by molar-refractivity contribution is -0.125. The van der Waals surface area contributed by atoms with Crippen molar-refractivity contribution in [1.82, 2.24) is 29.3 Å². The zero-order valence-corrected chi connectivity index (χ0v) is 30.9. The fourth-order valence-electron chi connectivity index (χ4n) is 8.66. The first-order chi connectivity index (χ1) is 25.0. The first-order valence-corrected chi connectivity index (χ1v) is 18.2. The van der Waals surface area contributed by atoms with Crippen LogP contribution < -0.4 is 26.6 Å². The zero-order chi connectivity index (χ0) is 36.5. The van der Waals surface area contributed by atoms with Gasteiger partial charge in [-0.05, 0) is 80.8 Å². The van der Waals surface area contributed by atoms with Gasteiger partial charge in [-0.2, -0.15) is 0 Å². The minimum atomic E-state index is -0.414. The number of piperidine rings is 1. The minimum Gasteiger partial charge on any atom is -0.481 e. The van der Waals surface area contributed by atoms with Gasteiger partial charge in [-0.1, -0.05) is 41.9 Å². The van der Waals surface area contributed by atoms with Crippen LogP contribution in [-0.2, 0) is 25.3 Å². The summed E-state index contributed by atoms with van der Waals surface area (Å²) >= 11 is 7.27. The molecule has 2 unspecified atom stereocenters. The number of methoxy groups -OCH3 is 1. The number of amides is 1. The molecule has 2 saturated heterocycles. The van der Waals surface area contributed by atoms with Crippen LogP contribution in [0.5, 0.6) is 5.88 Å². The third-order valence-corrected chi connectivity index (χ3v) is 11.8. The molecule has 8 rings (SSSR count). The maximum absolute atomic E-state index is 13.3. The highest BCUT2D eigenvalue weighted by atomic mass is 35.5. The molecule has 2 N–H and O–H groups in total. The molecule has 5 heterocycles. The van der Waals surface area contributed by atoms with Crippen molar-refractivity contribution in [2.24, 2.45) is 14.1 Å². The van der Waals surface area contributed by atoms with Crippen molar-refractivity contribution < 1.29 is 9.53 Å². The quantitative estimate of drug-likeness (QED) is 0.216. The number of anilines is 2. The van der Waals surface area contributed by atoms with Gasteiger partial charge in [0.1, 0.15) is 11.2 Å². The van der Waals surface area contributed by atoms with Crippen molar-refractivity contribution in [2.45, 2.75) is 64.0 Å². The van der Waals surface area contributed by atoms with E-state index in [-0.39, 0.29) is 17.5 Å². The first kappa shape index (κ1) is 34.1. The molecule has 1 amide bonds. The average molecular weight is 720 g/mol. The highest BCUT2D eigenvalue weighted by Gasteiger charge is 2.45. The number of rotatable bonds is 6. The number of halogens is 1. The van der Waals surface area contributed by atoms with Gasteiger partial charge in [-0.15, -0.1) is 0 Å². The molecule has 0 saturated carbocycles. The lowest BCUT2D eigenvalue weighted by atomic mass is 9.88. The Balaban J connectivity index is 1.13. The number of likely N-dealkylation sites (tertiary alicyclic amines) is 1. The lowest BCUT2D eigenvalue weighted by Gasteiger charge is -2.35. The number of fused-ring (bicyclic) bond motifs is 2. The van der Waals surface area contributed by atoms with Gasteiger partial charge in [-0.3, -0.25) is 23.6 Å². The number of carbonyl (C=O) groups excluding carboxylic acids is 1. The Bertz CT molecular complexity index is 2420. The molecular weight excluding hydrogens is 678 g/mol. The number of nitrogens with zero attached hydrogens (tertiary/aromatic N) is 5. The fraction of sp³-hybridized carbons (Fsp3) is 0.375. The van der Waals surface area contributed by atoms with Crippen molar-refractivity contribution >= 4 is 39.9 Å². The predicted molar refractivity (Wildman–Crippen MR) is 204 cm³/mol. The van der Waals surface area contributed by atoms with E-state index in [0.29, 0.717) is 39.7 Å². The van der Waals surface area contributed by atoms with Crippen molar-refractivity contribution in [3.05, 3.63) is 96.8 Å². The summed E-state index contributed by atoms with van der Waals surface area (Å²) in [6.45, 7) is 5.62. The average Bonchev–Trinajstić information content (AvgIpc) is 3.74. The highest BCUT2D eigenvalue weighted by molar-refractivity contribution is 6.36. The van der Waals surface area contributed by atoms with Crippen LogP contribution in [0.2, 0.25) is 5.02 Å². The minimum absolute atomic E-state index is 0.126. The number of hydrogen-bond donors (Lipinski definition) is 2. The largest absolute Gasteiger partial charge is 0.481 e. The second-order valence-electron chi connectivity index (χ2n) is 14.5. The van der Waals surface area contributed by atoms with E-state index in [4.69, 9.17) is 21.3 Å². The summed E-state index contributed by atoms with van der Waals surface area (Å²) in [6.07, 6.45) is 5.44. The molecule has 5 aromatic rings. The fourth-order valence-corrected chi connectivity index (χ4v) is 8.98. The number of hydrogen-bond acceptors (Lipinski definition) is 8. The van der Waals surface area contributed by atoms with E-state index in [1.54, 1.807) is 20.2 Å². The van der Waals surface area contributed by atoms with Gasteiger partial charge in [0.2, 0.25) is 11.8 Å². The van der Waals surface area contributed by atoms with E-state index >= 15 is 0 Å². The topological polar surface area (TPSA) is 123 Å². The molecular formula is C40H42ClN7O4.